The summed E-state index contributed by atoms with van der Waals surface area (Å²) in [6.07, 6.45) is 4.23. The predicted molar refractivity (Wildman–Crippen MR) is 78.0 cm³/mol. The van der Waals surface area contributed by atoms with Crippen molar-refractivity contribution in [1.82, 2.24) is 10.1 Å². The molecule has 3 rings (SSSR count). The van der Waals surface area contributed by atoms with E-state index in [1.807, 2.05) is 24.3 Å². The number of hydrogen-bond donors (Lipinski definition) is 1. The van der Waals surface area contributed by atoms with Crippen molar-refractivity contribution in [2.75, 3.05) is 0 Å². The van der Waals surface area contributed by atoms with Gasteiger partial charge in [-0.2, -0.15) is 4.98 Å². The minimum absolute atomic E-state index is 0.426. The van der Waals surface area contributed by atoms with Crippen LogP contribution >= 0.6 is 0 Å². The molecule has 1 aliphatic carbocycles. The fourth-order valence-electron chi connectivity index (χ4n) is 3.03. The average Bonchev–Trinajstić information content (AvgIpc) is 2.90. The van der Waals surface area contributed by atoms with Crippen LogP contribution in [-0.2, 0) is 5.54 Å². The predicted octanol–water partition coefficient (Wildman–Crippen LogP) is 3.41. The van der Waals surface area contributed by atoms with Crippen LogP contribution in [0.2, 0.25) is 0 Å². The van der Waals surface area contributed by atoms with Gasteiger partial charge in [0.25, 0.3) is 5.89 Å². The molecule has 4 heteroatoms. The van der Waals surface area contributed by atoms with Gasteiger partial charge in [-0.05, 0) is 37.8 Å². The van der Waals surface area contributed by atoms with Gasteiger partial charge in [0, 0.05) is 5.56 Å². The lowest BCUT2D eigenvalue weighted by Crippen LogP contribution is -2.42. The molecule has 0 bridgehead atoms. The number of rotatable bonds is 2. The van der Waals surface area contributed by atoms with E-state index in [1.54, 1.807) is 0 Å². The summed E-state index contributed by atoms with van der Waals surface area (Å²) in [6, 6.07) is 8.08. The fourth-order valence-corrected chi connectivity index (χ4v) is 3.03. The van der Waals surface area contributed by atoms with Crippen molar-refractivity contribution in [3.05, 3.63) is 35.7 Å². The van der Waals surface area contributed by atoms with Gasteiger partial charge in [-0.15, -0.1) is 0 Å². The van der Waals surface area contributed by atoms with Crippen LogP contribution in [-0.4, -0.2) is 10.1 Å². The highest BCUT2D eigenvalue weighted by Gasteiger charge is 2.37. The molecule has 1 fully saturated rings. The first-order chi connectivity index (χ1) is 9.57. The lowest BCUT2D eigenvalue weighted by Gasteiger charge is -2.33. The first-order valence-corrected chi connectivity index (χ1v) is 7.27. The number of aryl methyl sites for hydroxylation is 1. The molecule has 1 saturated carbocycles. The van der Waals surface area contributed by atoms with Crippen LogP contribution in [0.15, 0.2) is 28.8 Å². The Labute approximate surface area is 119 Å². The molecule has 0 radical (unpaired) electrons. The summed E-state index contributed by atoms with van der Waals surface area (Å²) < 4.78 is 5.40. The molecule has 2 atom stereocenters. The van der Waals surface area contributed by atoms with Gasteiger partial charge >= 0.3 is 0 Å². The van der Waals surface area contributed by atoms with Crippen molar-refractivity contribution in [2.45, 2.75) is 45.1 Å². The molecule has 4 nitrogen and oxygen atoms in total. The second-order valence-corrected chi connectivity index (χ2v) is 6.15. The van der Waals surface area contributed by atoms with E-state index in [0.29, 0.717) is 17.6 Å². The summed E-state index contributed by atoms with van der Waals surface area (Å²) >= 11 is 0. The maximum absolute atomic E-state index is 6.50. The summed E-state index contributed by atoms with van der Waals surface area (Å²) in [6.45, 7) is 4.29. The molecule has 2 unspecified atom stereocenters. The van der Waals surface area contributed by atoms with E-state index in [0.717, 1.165) is 24.8 Å². The maximum Gasteiger partial charge on any atom is 0.257 e. The second kappa shape index (κ2) is 5.02. The molecule has 0 saturated heterocycles. The van der Waals surface area contributed by atoms with Crippen LogP contribution in [0.1, 0.15) is 44.0 Å². The van der Waals surface area contributed by atoms with Crippen molar-refractivity contribution in [3.8, 4) is 11.5 Å². The minimum Gasteiger partial charge on any atom is -0.334 e. The van der Waals surface area contributed by atoms with Gasteiger partial charge in [0.15, 0.2) is 5.82 Å². The standard InChI is InChI=1S/C16H21N3O/c1-11-5-7-13(8-6-11)14-18-15(19-20-14)16(17)9-3-4-12(2)10-16/h5-8,12H,3-4,9-10,17H2,1-2H3. The van der Waals surface area contributed by atoms with Crippen molar-refractivity contribution in [1.29, 1.82) is 0 Å². The highest BCUT2D eigenvalue weighted by molar-refractivity contribution is 5.53. The molecule has 1 heterocycles. The molecule has 2 N–H and O–H groups in total. The van der Waals surface area contributed by atoms with E-state index in [4.69, 9.17) is 10.3 Å². The highest BCUT2D eigenvalue weighted by Crippen LogP contribution is 2.37. The molecule has 106 valence electrons. The second-order valence-electron chi connectivity index (χ2n) is 6.15. The van der Waals surface area contributed by atoms with E-state index < -0.39 is 5.54 Å². The van der Waals surface area contributed by atoms with Gasteiger partial charge in [-0.1, -0.05) is 42.6 Å². The van der Waals surface area contributed by atoms with Crippen LogP contribution in [0.3, 0.4) is 0 Å². The summed E-state index contributed by atoms with van der Waals surface area (Å²) in [5, 5.41) is 4.13. The Morgan fingerprint density at radius 1 is 1.30 bits per heavy atom. The Balaban J connectivity index is 1.88. The van der Waals surface area contributed by atoms with E-state index in [9.17, 15) is 0 Å². The van der Waals surface area contributed by atoms with Crippen molar-refractivity contribution in [3.63, 3.8) is 0 Å². The summed E-state index contributed by atoms with van der Waals surface area (Å²) in [5.41, 5.74) is 8.23. The molecule has 0 aliphatic heterocycles. The fraction of sp³-hybridized carbons (Fsp3) is 0.500. The Morgan fingerprint density at radius 2 is 2.05 bits per heavy atom. The van der Waals surface area contributed by atoms with E-state index in [-0.39, 0.29) is 0 Å². The SMILES string of the molecule is Cc1ccc(-c2nc(C3(N)CCCC(C)C3)no2)cc1. The minimum atomic E-state index is -0.426. The van der Waals surface area contributed by atoms with E-state index in [2.05, 4.69) is 24.0 Å². The summed E-state index contributed by atoms with van der Waals surface area (Å²) in [4.78, 5) is 4.54. The van der Waals surface area contributed by atoms with Gasteiger partial charge in [-0.3, -0.25) is 0 Å². The monoisotopic (exact) mass is 271 g/mol. The molecular formula is C16H21N3O. The zero-order valence-electron chi connectivity index (χ0n) is 12.1. The van der Waals surface area contributed by atoms with Gasteiger partial charge in [0.05, 0.1) is 5.54 Å². The quantitative estimate of drug-likeness (QED) is 0.909. The van der Waals surface area contributed by atoms with Gasteiger partial charge in [0.2, 0.25) is 0 Å². The van der Waals surface area contributed by atoms with Gasteiger partial charge < -0.3 is 10.3 Å². The number of hydrogen-bond acceptors (Lipinski definition) is 4. The molecule has 1 aromatic carbocycles. The number of aromatic nitrogens is 2. The third kappa shape index (κ3) is 2.48. The lowest BCUT2D eigenvalue weighted by atomic mass is 9.76. The Kier molecular flexibility index (Phi) is 3.34. The van der Waals surface area contributed by atoms with Crippen LogP contribution in [0.4, 0.5) is 0 Å². The molecule has 0 spiro atoms. The number of nitrogens with zero attached hydrogens (tertiary/aromatic N) is 2. The average molecular weight is 271 g/mol. The van der Waals surface area contributed by atoms with E-state index >= 15 is 0 Å². The molecular weight excluding hydrogens is 250 g/mol. The van der Waals surface area contributed by atoms with Gasteiger partial charge in [0.1, 0.15) is 0 Å². The highest BCUT2D eigenvalue weighted by atomic mass is 16.5. The lowest BCUT2D eigenvalue weighted by molar-refractivity contribution is 0.222. The molecule has 1 aromatic heterocycles. The third-order valence-corrected chi connectivity index (χ3v) is 4.20. The molecule has 0 amide bonds. The van der Waals surface area contributed by atoms with Crippen LogP contribution in [0.5, 0.6) is 0 Å². The van der Waals surface area contributed by atoms with Crippen LogP contribution in [0.25, 0.3) is 11.5 Å². The van der Waals surface area contributed by atoms with Gasteiger partial charge in [-0.25, -0.2) is 0 Å². The molecule has 1 aliphatic rings. The van der Waals surface area contributed by atoms with Crippen LogP contribution in [0, 0.1) is 12.8 Å². The molecule has 2 aromatic rings. The van der Waals surface area contributed by atoms with Crippen molar-refractivity contribution < 1.29 is 4.52 Å². The van der Waals surface area contributed by atoms with E-state index in [1.165, 1.54) is 12.0 Å². The normalized spacial score (nSPS) is 26.6. The Hall–Kier alpha value is -1.68. The smallest absolute Gasteiger partial charge is 0.257 e. The Morgan fingerprint density at radius 3 is 2.75 bits per heavy atom. The third-order valence-electron chi connectivity index (χ3n) is 4.20. The zero-order valence-corrected chi connectivity index (χ0v) is 12.1. The first kappa shape index (κ1) is 13.3. The summed E-state index contributed by atoms with van der Waals surface area (Å²) in [5.74, 6) is 1.83. The summed E-state index contributed by atoms with van der Waals surface area (Å²) in [7, 11) is 0. The van der Waals surface area contributed by atoms with Crippen molar-refractivity contribution in [2.24, 2.45) is 11.7 Å². The zero-order chi connectivity index (χ0) is 14.2. The Bertz CT molecular complexity index is 590. The maximum atomic E-state index is 6.50. The molecule has 20 heavy (non-hydrogen) atoms. The number of nitrogens with two attached hydrogens (primary N) is 1. The first-order valence-electron chi connectivity index (χ1n) is 7.27. The van der Waals surface area contributed by atoms with Crippen molar-refractivity contribution >= 4 is 0 Å². The topological polar surface area (TPSA) is 64.9 Å². The van der Waals surface area contributed by atoms with Crippen LogP contribution < -0.4 is 5.73 Å². The number of benzene rings is 1. The largest absolute Gasteiger partial charge is 0.334 e.